The maximum atomic E-state index is 13.2. The summed E-state index contributed by atoms with van der Waals surface area (Å²) >= 11 is 1.43. The van der Waals surface area contributed by atoms with E-state index in [0.29, 0.717) is 11.4 Å². The van der Waals surface area contributed by atoms with Crippen LogP contribution in [-0.2, 0) is 0 Å². The first-order valence-corrected chi connectivity index (χ1v) is 10.2. The summed E-state index contributed by atoms with van der Waals surface area (Å²) < 4.78 is 18.8. The van der Waals surface area contributed by atoms with Gasteiger partial charge >= 0.3 is 0 Å². The highest BCUT2D eigenvalue weighted by Crippen LogP contribution is 2.24. The van der Waals surface area contributed by atoms with Crippen molar-refractivity contribution in [3.8, 4) is 0 Å². The van der Waals surface area contributed by atoms with Crippen LogP contribution in [0.5, 0.6) is 0 Å². The van der Waals surface area contributed by atoms with Gasteiger partial charge in [-0.1, -0.05) is 6.07 Å². The second kappa shape index (κ2) is 8.58. The Labute approximate surface area is 167 Å². The zero-order valence-electron chi connectivity index (χ0n) is 15.4. The van der Waals surface area contributed by atoms with Crippen LogP contribution in [0.4, 0.5) is 10.1 Å². The van der Waals surface area contributed by atoms with Crippen LogP contribution >= 0.6 is 11.3 Å². The van der Waals surface area contributed by atoms with Gasteiger partial charge in [0.1, 0.15) is 11.6 Å². The summed E-state index contributed by atoms with van der Waals surface area (Å²) in [6, 6.07) is 14.1. The molecular formula is C21H22FN3O2S. The largest absolute Gasteiger partial charge is 0.468 e. The van der Waals surface area contributed by atoms with Gasteiger partial charge in [-0.25, -0.2) is 4.39 Å². The molecule has 28 heavy (non-hydrogen) atoms. The molecule has 3 heterocycles. The predicted molar refractivity (Wildman–Crippen MR) is 108 cm³/mol. The normalized spacial score (nSPS) is 16.1. The van der Waals surface area contributed by atoms with Crippen LogP contribution < -0.4 is 10.2 Å². The fraction of sp³-hybridized carbons (Fsp3) is 0.286. The second-order valence-electron chi connectivity index (χ2n) is 6.72. The maximum absolute atomic E-state index is 13.2. The molecule has 1 aliphatic rings. The lowest BCUT2D eigenvalue weighted by Crippen LogP contribution is -2.49. The van der Waals surface area contributed by atoms with Crippen molar-refractivity contribution < 1.29 is 13.6 Å². The number of rotatable bonds is 6. The van der Waals surface area contributed by atoms with Gasteiger partial charge in [-0.15, -0.1) is 11.3 Å². The number of carbonyl (C=O) groups is 1. The zero-order valence-corrected chi connectivity index (χ0v) is 16.2. The Kier molecular flexibility index (Phi) is 5.73. The summed E-state index contributed by atoms with van der Waals surface area (Å²) in [5, 5.41) is 4.93. The second-order valence-corrected chi connectivity index (χ2v) is 7.67. The van der Waals surface area contributed by atoms with Crippen molar-refractivity contribution in [2.75, 3.05) is 37.6 Å². The smallest absolute Gasteiger partial charge is 0.261 e. The summed E-state index contributed by atoms with van der Waals surface area (Å²) in [5.74, 6) is 0.569. The molecule has 3 aromatic rings. The van der Waals surface area contributed by atoms with E-state index in [1.165, 1.54) is 23.5 Å². The lowest BCUT2D eigenvalue weighted by molar-refractivity contribution is 0.0927. The highest BCUT2D eigenvalue weighted by Gasteiger charge is 2.27. The van der Waals surface area contributed by atoms with E-state index in [1.807, 2.05) is 41.8 Å². The molecule has 1 atom stereocenters. The number of hydrogen-bond donors (Lipinski definition) is 1. The number of hydrogen-bond acceptors (Lipinski definition) is 5. The van der Waals surface area contributed by atoms with Crippen molar-refractivity contribution in [3.05, 3.63) is 76.6 Å². The summed E-state index contributed by atoms with van der Waals surface area (Å²) in [6.45, 7) is 3.82. The van der Waals surface area contributed by atoms with Crippen molar-refractivity contribution >= 4 is 22.9 Å². The molecule has 1 aromatic carbocycles. The van der Waals surface area contributed by atoms with Crippen molar-refractivity contribution in [2.45, 2.75) is 6.04 Å². The molecule has 5 nitrogen and oxygen atoms in total. The monoisotopic (exact) mass is 399 g/mol. The van der Waals surface area contributed by atoms with Gasteiger partial charge in [-0.05, 0) is 47.8 Å². The first kappa shape index (κ1) is 18.7. The summed E-state index contributed by atoms with van der Waals surface area (Å²) in [6.07, 6.45) is 1.66. The van der Waals surface area contributed by atoms with Gasteiger partial charge in [0.25, 0.3) is 5.91 Å². The average Bonchev–Trinajstić information content (AvgIpc) is 3.44. The van der Waals surface area contributed by atoms with E-state index in [9.17, 15) is 9.18 Å². The lowest BCUT2D eigenvalue weighted by Gasteiger charge is -2.39. The summed E-state index contributed by atoms with van der Waals surface area (Å²) in [7, 11) is 0. The molecule has 1 fully saturated rings. The Balaban J connectivity index is 1.40. The van der Waals surface area contributed by atoms with Crippen molar-refractivity contribution in [3.63, 3.8) is 0 Å². The molecule has 1 saturated heterocycles. The van der Waals surface area contributed by atoms with Crippen LogP contribution in [0.1, 0.15) is 21.5 Å². The van der Waals surface area contributed by atoms with Crippen molar-refractivity contribution in [1.82, 2.24) is 10.2 Å². The fourth-order valence-corrected chi connectivity index (χ4v) is 4.16. The Bertz CT molecular complexity index is 873. The van der Waals surface area contributed by atoms with Crippen LogP contribution in [0.2, 0.25) is 0 Å². The molecule has 1 amide bonds. The molecule has 0 radical (unpaired) electrons. The Hall–Kier alpha value is -2.64. The molecule has 1 aliphatic heterocycles. The van der Waals surface area contributed by atoms with Gasteiger partial charge in [0, 0.05) is 38.4 Å². The number of furan rings is 1. The van der Waals surface area contributed by atoms with E-state index in [2.05, 4.69) is 15.1 Å². The standard InChI is InChI=1S/C21H22FN3O2S/c22-16-5-7-17(8-6-16)24-9-11-25(12-10-24)18(19-3-1-13-27-19)15-23-21(26)20-4-2-14-28-20/h1-8,13-14,18H,9-12,15H2,(H,23,26)/t18-/m0/s1. The summed E-state index contributed by atoms with van der Waals surface area (Å²) in [4.78, 5) is 17.6. The molecule has 0 bridgehead atoms. The highest BCUT2D eigenvalue weighted by atomic mass is 32.1. The van der Waals surface area contributed by atoms with Crippen LogP contribution in [0.3, 0.4) is 0 Å². The first-order chi connectivity index (χ1) is 13.7. The Morgan fingerprint density at radius 2 is 1.89 bits per heavy atom. The van der Waals surface area contributed by atoms with E-state index in [4.69, 9.17) is 4.42 Å². The minimum absolute atomic E-state index is 0.0192. The minimum atomic E-state index is -0.221. The van der Waals surface area contributed by atoms with Gasteiger partial charge in [0.15, 0.2) is 0 Å². The number of amides is 1. The van der Waals surface area contributed by atoms with Crippen molar-refractivity contribution in [2.24, 2.45) is 0 Å². The predicted octanol–water partition coefficient (Wildman–Crippen LogP) is 3.77. The quantitative estimate of drug-likeness (QED) is 0.686. The number of nitrogens with one attached hydrogen (secondary N) is 1. The molecule has 1 N–H and O–H groups in total. The number of piperazine rings is 1. The van der Waals surface area contributed by atoms with E-state index in [1.54, 1.807) is 6.26 Å². The van der Waals surface area contributed by atoms with Gasteiger partial charge < -0.3 is 14.6 Å². The third-order valence-corrected chi connectivity index (χ3v) is 5.89. The minimum Gasteiger partial charge on any atom is -0.468 e. The topological polar surface area (TPSA) is 48.7 Å². The third kappa shape index (κ3) is 4.26. The van der Waals surface area contributed by atoms with E-state index in [0.717, 1.165) is 37.6 Å². The van der Waals surface area contributed by atoms with Crippen LogP contribution in [0.15, 0.2) is 64.6 Å². The molecular weight excluding hydrogens is 377 g/mol. The Morgan fingerprint density at radius 3 is 2.54 bits per heavy atom. The summed E-state index contributed by atoms with van der Waals surface area (Å²) in [5.41, 5.74) is 1.03. The van der Waals surface area contributed by atoms with Crippen LogP contribution in [-0.4, -0.2) is 43.5 Å². The number of anilines is 1. The number of nitrogens with zero attached hydrogens (tertiary/aromatic N) is 2. The number of thiophene rings is 1. The van der Waals surface area contributed by atoms with E-state index >= 15 is 0 Å². The highest BCUT2D eigenvalue weighted by molar-refractivity contribution is 7.12. The molecule has 0 spiro atoms. The SMILES string of the molecule is O=C(NC[C@@H](c1ccco1)N1CCN(c2ccc(F)cc2)CC1)c1cccs1. The van der Waals surface area contributed by atoms with Gasteiger partial charge in [-0.3, -0.25) is 9.69 Å². The third-order valence-electron chi connectivity index (χ3n) is 5.02. The van der Waals surface area contributed by atoms with E-state index in [-0.39, 0.29) is 17.8 Å². The number of benzene rings is 1. The van der Waals surface area contributed by atoms with E-state index < -0.39 is 0 Å². The Morgan fingerprint density at radius 1 is 1.11 bits per heavy atom. The van der Waals surface area contributed by atoms with Gasteiger partial charge in [0.2, 0.25) is 0 Å². The van der Waals surface area contributed by atoms with Crippen LogP contribution in [0, 0.1) is 5.82 Å². The first-order valence-electron chi connectivity index (χ1n) is 9.30. The fourth-order valence-electron chi connectivity index (χ4n) is 3.52. The molecule has 0 unspecified atom stereocenters. The molecule has 2 aromatic heterocycles. The molecule has 7 heteroatoms. The lowest BCUT2D eigenvalue weighted by atomic mass is 10.1. The number of carbonyl (C=O) groups excluding carboxylic acids is 1. The van der Waals surface area contributed by atoms with Crippen molar-refractivity contribution in [1.29, 1.82) is 0 Å². The zero-order chi connectivity index (χ0) is 19.3. The average molecular weight is 399 g/mol. The van der Waals surface area contributed by atoms with Gasteiger partial charge in [0.05, 0.1) is 17.2 Å². The molecule has 146 valence electrons. The molecule has 0 saturated carbocycles. The molecule has 0 aliphatic carbocycles. The maximum Gasteiger partial charge on any atom is 0.261 e. The number of halogens is 1. The van der Waals surface area contributed by atoms with Gasteiger partial charge in [-0.2, -0.15) is 0 Å². The van der Waals surface area contributed by atoms with Crippen LogP contribution in [0.25, 0.3) is 0 Å². The molecule has 4 rings (SSSR count).